The number of rotatable bonds is 4. The van der Waals surface area contributed by atoms with Crippen LogP contribution < -0.4 is 10.1 Å². The molecule has 4 rings (SSSR count). The number of amides is 1. The molecule has 0 bridgehead atoms. The quantitative estimate of drug-likeness (QED) is 0.556. The molecular weight excluding hydrogens is 469 g/mol. The van der Waals surface area contributed by atoms with Crippen molar-refractivity contribution in [2.75, 3.05) is 12.4 Å². The predicted octanol–water partition coefficient (Wildman–Crippen LogP) is 6.19. The molecule has 0 fully saturated rings. The normalized spacial score (nSPS) is 20.5. The van der Waals surface area contributed by atoms with Crippen LogP contribution in [0.2, 0.25) is 5.02 Å². The van der Waals surface area contributed by atoms with E-state index in [0.29, 0.717) is 47.6 Å². The third kappa shape index (κ3) is 4.59. The Hall–Kier alpha value is -3.13. The highest BCUT2D eigenvalue weighted by atomic mass is 35.5. The van der Waals surface area contributed by atoms with Crippen LogP contribution in [-0.2, 0) is 15.8 Å². The number of halogens is 4. The van der Waals surface area contributed by atoms with Gasteiger partial charge in [0, 0.05) is 29.3 Å². The number of carbonyl (C=O) groups is 2. The molecule has 1 unspecified atom stereocenters. The number of allylic oxidation sites excluding steroid dienone is 2. The Balaban J connectivity index is 1.76. The maximum Gasteiger partial charge on any atom is 0.416 e. The molecule has 0 saturated heterocycles. The second-order valence-electron chi connectivity index (χ2n) is 8.30. The van der Waals surface area contributed by atoms with Crippen molar-refractivity contribution >= 4 is 34.7 Å². The van der Waals surface area contributed by atoms with Gasteiger partial charge in [-0.1, -0.05) is 23.7 Å². The molecule has 1 aliphatic carbocycles. The lowest BCUT2D eigenvalue weighted by Crippen LogP contribution is -2.39. The highest BCUT2D eigenvalue weighted by Crippen LogP contribution is 2.44. The van der Waals surface area contributed by atoms with Crippen molar-refractivity contribution in [3.05, 3.63) is 69.9 Å². The summed E-state index contributed by atoms with van der Waals surface area (Å²) in [5.74, 6) is -1.58. The van der Waals surface area contributed by atoms with Crippen LogP contribution in [0.15, 0.2) is 58.7 Å². The zero-order valence-corrected chi connectivity index (χ0v) is 19.3. The van der Waals surface area contributed by atoms with Gasteiger partial charge in [0.25, 0.3) is 0 Å². The van der Waals surface area contributed by atoms with Crippen molar-refractivity contribution in [3.63, 3.8) is 0 Å². The second-order valence-corrected chi connectivity index (χ2v) is 8.71. The summed E-state index contributed by atoms with van der Waals surface area (Å²) < 4.78 is 44.8. The van der Waals surface area contributed by atoms with Gasteiger partial charge in [-0.05, 0) is 55.7 Å². The van der Waals surface area contributed by atoms with Crippen LogP contribution in [0.5, 0.6) is 5.75 Å². The second kappa shape index (κ2) is 9.25. The number of ketones is 1. The highest BCUT2D eigenvalue weighted by molar-refractivity contribution is 6.34. The van der Waals surface area contributed by atoms with Crippen LogP contribution in [0.3, 0.4) is 0 Å². The van der Waals surface area contributed by atoms with E-state index >= 15 is 0 Å². The monoisotopic (exact) mass is 490 g/mol. The Kier molecular flexibility index (Phi) is 6.53. The maximum atomic E-state index is 13.5. The molecule has 178 valence electrons. The first-order valence-electron chi connectivity index (χ1n) is 10.7. The zero-order chi connectivity index (χ0) is 24.6. The van der Waals surface area contributed by atoms with Gasteiger partial charge in [0.2, 0.25) is 5.91 Å². The molecule has 34 heavy (non-hydrogen) atoms. The predicted molar refractivity (Wildman–Crippen MR) is 123 cm³/mol. The summed E-state index contributed by atoms with van der Waals surface area (Å²) in [6.07, 6.45) is -2.93. The van der Waals surface area contributed by atoms with Crippen LogP contribution in [0, 0.1) is 5.92 Å². The lowest BCUT2D eigenvalue weighted by Gasteiger charge is -2.35. The summed E-state index contributed by atoms with van der Waals surface area (Å²) in [5.41, 5.74) is 1.26. The molecule has 1 N–H and O–H groups in total. The zero-order valence-electron chi connectivity index (χ0n) is 18.5. The van der Waals surface area contributed by atoms with Crippen molar-refractivity contribution in [3.8, 4) is 5.75 Å². The summed E-state index contributed by atoms with van der Waals surface area (Å²) in [4.78, 5) is 31.0. The molecule has 0 spiro atoms. The van der Waals surface area contributed by atoms with Gasteiger partial charge in [0.15, 0.2) is 5.78 Å². The minimum atomic E-state index is -4.59. The van der Waals surface area contributed by atoms with Crippen LogP contribution in [-0.4, -0.2) is 24.5 Å². The average Bonchev–Trinajstić information content (AvgIpc) is 2.79. The fraction of sp³-hybridized carbons (Fsp3) is 0.320. The molecule has 2 aromatic rings. The molecule has 1 aliphatic heterocycles. The lowest BCUT2D eigenvalue weighted by atomic mass is 9.71. The van der Waals surface area contributed by atoms with E-state index in [1.807, 2.05) is 0 Å². The van der Waals surface area contributed by atoms with E-state index in [4.69, 9.17) is 16.3 Å². The highest BCUT2D eigenvalue weighted by Gasteiger charge is 2.42. The van der Waals surface area contributed by atoms with Crippen molar-refractivity contribution in [2.24, 2.45) is 10.9 Å². The van der Waals surface area contributed by atoms with Gasteiger partial charge in [-0.2, -0.15) is 13.2 Å². The topological polar surface area (TPSA) is 67.8 Å². The molecule has 0 aromatic heterocycles. The van der Waals surface area contributed by atoms with Crippen molar-refractivity contribution in [2.45, 2.75) is 38.3 Å². The summed E-state index contributed by atoms with van der Waals surface area (Å²) in [6, 6.07) is 9.79. The molecular formula is C25H22ClF3N2O3. The van der Waals surface area contributed by atoms with Gasteiger partial charge in [0.05, 0.1) is 29.3 Å². The molecule has 1 heterocycles. The third-order valence-corrected chi connectivity index (χ3v) is 6.47. The number of hydrogen-bond donors (Lipinski definition) is 1. The van der Waals surface area contributed by atoms with Crippen LogP contribution in [0.1, 0.15) is 43.2 Å². The van der Waals surface area contributed by atoms with E-state index in [2.05, 4.69) is 10.3 Å². The number of methoxy groups -OCH3 is 1. The maximum absolute atomic E-state index is 13.5. The number of anilines is 1. The summed E-state index contributed by atoms with van der Waals surface area (Å²) in [5, 5.41) is 2.52. The van der Waals surface area contributed by atoms with E-state index in [1.165, 1.54) is 7.11 Å². The molecule has 0 radical (unpaired) electrons. The van der Waals surface area contributed by atoms with Gasteiger partial charge in [-0.3, -0.25) is 14.6 Å². The number of hydrogen-bond acceptors (Lipinski definition) is 4. The van der Waals surface area contributed by atoms with Gasteiger partial charge < -0.3 is 10.1 Å². The van der Waals surface area contributed by atoms with Gasteiger partial charge in [-0.15, -0.1) is 0 Å². The molecule has 0 saturated carbocycles. The largest absolute Gasteiger partial charge is 0.497 e. The Morgan fingerprint density at radius 1 is 1.15 bits per heavy atom. The minimum Gasteiger partial charge on any atom is -0.497 e. The van der Waals surface area contributed by atoms with Crippen LogP contribution >= 0.6 is 11.6 Å². The molecule has 1 amide bonds. The molecule has 2 atom stereocenters. The molecule has 9 heteroatoms. The van der Waals surface area contributed by atoms with E-state index in [-0.39, 0.29) is 16.5 Å². The van der Waals surface area contributed by atoms with Crippen molar-refractivity contribution in [1.29, 1.82) is 0 Å². The first-order chi connectivity index (χ1) is 16.1. The fourth-order valence-electron chi connectivity index (χ4n) is 4.53. The standard InChI is InChI=1S/C25H22ClF3N2O3/c1-13-21(24(33)31-19-12-15(25(27,28)29)8-11-17(19)26)22(14-6-9-16(34-2)10-7-14)23-18(30-13)4-3-5-20(23)32/h6-12,21-22H,3-5H2,1-2H3,(H,31,33)/t21?,22-/m1/s1. The minimum absolute atomic E-state index is 0.0265. The first kappa shape index (κ1) is 24.0. The molecule has 2 aromatic carbocycles. The van der Waals surface area contributed by atoms with Crippen molar-refractivity contribution in [1.82, 2.24) is 0 Å². The smallest absolute Gasteiger partial charge is 0.416 e. The number of nitrogens with zero attached hydrogens (tertiary/aromatic N) is 1. The van der Waals surface area contributed by atoms with Crippen LogP contribution in [0.25, 0.3) is 0 Å². The van der Waals surface area contributed by atoms with Gasteiger partial charge >= 0.3 is 6.18 Å². The first-order valence-corrected chi connectivity index (χ1v) is 11.1. The third-order valence-electron chi connectivity index (χ3n) is 6.14. The summed E-state index contributed by atoms with van der Waals surface area (Å²) in [6.45, 7) is 1.69. The number of aliphatic imine (C=N–C) groups is 1. The number of Topliss-reactive ketones (excluding diaryl/α,β-unsaturated/α-hetero) is 1. The number of alkyl halides is 3. The Morgan fingerprint density at radius 3 is 2.50 bits per heavy atom. The van der Waals surface area contributed by atoms with Gasteiger partial charge in [0.1, 0.15) is 5.75 Å². The summed E-state index contributed by atoms with van der Waals surface area (Å²) in [7, 11) is 1.53. The lowest BCUT2D eigenvalue weighted by molar-refractivity contribution is -0.137. The van der Waals surface area contributed by atoms with E-state index in [9.17, 15) is 22.8 Å². The van der Waals surface area contributed by atoms with Gasteiger partial charge in [-0.25, -0.2) is 0 Å². The Labute approximate surface area is 199 Å². The molecule has 5 nitrogen and oxygen atoms in total. The SMILES string of the molecule is COc1ccc([C@H]2C3=C(CCCC3=O)N=C(C)C2C(=O)Nc2cc(C(F)(F)F)ccc2Cl)cc1. The Bertz CT molecular complexity index is 1200. The van der Waals surface area contributed by atoms with E-state index in [1.54, 1.807) is 31.2 Å². The number of benzene rings is 2. The number of ether oxygens (including phenoxy) is 1. The van der Waals surface area contributed by atoms with Crippen molar-refractivity contribution < 1.29 is 27.5 Å². The molecule has 2 aliphatic rings. The van der Waals surface area contributed by atoms with Crippen LogP contribution in [0.4, 0.5) is 18.9 Å². The van der Waals surface area contributed by atoms with E-state index < -0.39 is 29.5 Å². The fourth-order valence-corrected chi connectivity index (χ4v) is 4.69. The van der Waals surface area contributed by atoms with E-state index in [0.717, 1.165) is 18.2 Å². The Morgan fingerprint density at radius 2 is 1.85 bits per heavy atom. The summed E-state index contributed by atoms with van der Waals surface area (Å²) >= 11 is 6.10. The average molecular weight is 491 g/mol. The number of carbonyl (C=O) groups excluding carboxylic acids is 2. The number of nitrogens with one attached hydrogen (secondary N) is 1.